The predicted molar refractivity (Wildman–Crippen MR) is 142 cm³/mol. The molecule has 2 aromatic rings. The van der Waals surface area contributed by atoms with Gasteiger partial charge in [-0.2, -0.15) is 0 Å². The normalized spacial score (nSPS) is 19.6. The Morgan fingerprint density at radius 1 is 1.26 bits per heavy atom. The van der Waals surface area contributed by atoms with Crippen LogP contribution in [0.25, 0.3) is 0 Å². The highest BCUT2D eigenvalue weighted by Crippen LogP contribution is 2.49. The van der Waals surface area contributed by atoms with Crippen molar-refractivity contribution < 1.29 is 18.7 Å². The molecule has 1 aliphatic heterocycles. The molecule has 1 aliphatic rings. The molecule has 34 heavy (non-hydrogen) atoms. The Morgan fingerprint density at radius 3 is 2.62 bits per heavy atom. The minimum Gasteiger partial charge on any atom is -0.488 e. The number of hydrogen-bond donors (Lipinski definition) is 0. The summed E-state index contributed by atoms with van der Waals surface area (Å²) in [6.07, 6.45) is 6.66. The number of fused-ring (bicyclic) bond motifs is 1. The minimum atomic E-state index is -2.21. The number of para-hydroxylation sites is 1. The number of esters is 1. The van der Waals surface area contributed by atoms with E-state index in [0.29, 0.717) is 5.75 Å². The Morgan fingerprint density at radius 2 is 2.00 bits per heavy atom. The van der Waals surface area contributed by atoms with Crippen molar-refractivity contribution in [3.8, 4) is 5.75 Å². The highest BCUT2D eigenvalue weighted by atomic mass is 32.2. The van der Waals surface area contributed by atoms with Crippen LogP contribution in [-0.4, -0.2) is 43.9 Å². The van der Waals surface area contributed by atoms with E-state index in [1.807, 2.05) is 30.2 Å². The summed E-state index contributed by atoms with van der Waals surface area (Å²) in [7, 11) is 1.18. The lowest BCUT2D eigenvalue weighted by molar-refractivity contribution is -0.155. The zero-order valence-electron chi connectivity index (χ0n) is 20.9. The molecule has 2 unspecified atom stereocenters. The number of halogens is 1. The fourth-order valence-corrected chi connectivity index (χ4v) is 6.20. The molecular formula is C27H36FNO3S2. The first-order valence-corrected chi connectivity index (χ1v) is 14.1. The smallest absolute Gasteiger partial charge is 0.346 e. The minimum absolute atomic E-state index is 0.193. The second-order valence-corrected chi connectivity index (χ2v) is 11.0. The molecule has 2 atom stereocenters. The molecule has 7 heteroatoms. The molecule has 0 fully saturated rings. The summed E-state index contributed by atoms with van der Waals surface area (Å²) in [6.45, 7) is 6.29. The van der Waals surface area contributed by atoms with Gasteiger partial charge in [-0.25, -0.2) is 9.18 Å². The lowest BCUT2D eigenvalue weighted by Crippen LogP contribution is -2.37. The standard InChI is InChI=1S/C27H36FNO3S2/c1-6-8-14-27(7-2)17-29(20-12-10-9-11-13-20)21-15-24(33-5)22(16-23(21)34-19-27)32-18-26(3,28)25(30)31-4/h9-13,15-16H,6-8,14,17-19H2,1-5H3. The Balaban J connectivity index is 2.02. The van der Waals surface area contributed by atoms with Crippen molar-refractivity contribution >= 4 is 40.9 Å². The second kappa shape index (κ2) is 11.7. The van der Waals surface area contributed by atoms with E-state index >= 15 is 0 Å². The number of carbonyl (C=O) groups excluding carboxylic acids is 1. The zero-order valence-corrected chi connectivity index (χ0v) is 22.5. The predicted octanol–water partition coefficient (Wildman–Crippen LogP) is 7.52. The number of ether oxygens (including phenoxy) is 2. The molecule has 0 radical (unpaired) electrons. The third kappa shape index (κ3) is 6.03. The van der Waals surface area contributed by atoms with Crippen molar-refractivity contribution in [2.45, 2.75) is 61.9 Å². The zero-order chi connectivity index (χ0) is 24.8. The number of methoxy groups -OCH3 is 1. The van der Waals surface area contributed by atoms with Gasteiger partial charge in [-0.3, -0.25) is 0 Å². The Bertz CT molecular complexity index is 970. The van der Waals surface area contributed by atoms with Crippen LogP contribution in [0.5, 0.6) is 5.75 Å². The van der Waals surface area contributed by atoms with Gasteiger partial charge in [0, 0.05) is 22.9 Å². The summed E-state index contributed by atoms with van der Waals surface area (Å²) >= 11 is 3.41. The third-order valence-corrected chi connectivity index (χ3v) is 8.71. The summed E-state index contributed by atoms with van der Waals surface area (Å²) < 4.78 is 25.2. The van der Waals surface area contributed by atoms with E-state index in [1.165, 1.54) is 39.0 Å². The number of rotatable bonds is 10. The van der Waals surface area contributed by atoms with Gasteiger partial charge in [0.2, 0.25) is 5.67 Å². The SMILES string of the molecule is CCCCC1(CC)CSc2cc(OCC(C)(F)C(=O)OC)c(SC)cc2N(c2ccccc2)C1. The van der Waals surface area contributed by atoms with E-state index in [4.69, 9.17) is 4.74 Å². The Kier molecular flexibility index (Phi) is 9.21. The van der Waals surface area contributed by atoms with Gasteiger partial charge in [0.15, 0.2) is 0 Å². The number of hydrogen-bond acceptors (Lipinski definition) is 6. The van der Waals surface area contributed by atoms with Crippen LogP contribution in [0.3, 0.4) is 0 Å². The van der Waals surface area contributed by atoms with Gasteiger partial charge in [-0.1, -0.05) is 44.9 Å². The van der Waals surface area contributed by atoms with Gasteiger partial charge < -0.3 is 14.4 Å². The van der Waals surface area contributed by atoms with Crippen LogP contribution >= 0.6 is 23.5 Å². The maximum Gasteiger partial charge on any atom is 0.346 e. The summed E-state index contributed by atoms with van der Waals surface area (Å²) in [6, 6.07) is 14.7. The van der Waals surface area contributed by atoms with E-state index in [1.54, 1.807) is 11.8 Å². The van der Waals surface area contributed by atoms with E-state index in [-0.39, 0.29) is 5.41 Å². The summed E-state index contributed by atoms with van der Waals surface area (Å²) in [5.41, 5.74) is 0.301. The molecule has 1 heterocycles. The molecule has 0 bridgehead atoms. The summed E-state index contributed by atoms with van der Waals surface area (Å²) in [5.74, 6) is 0.680. The summed E-state index contributed by atoms with van der Waals surface area (Å²) in [5, 5.41) is 0. The highest BCUT2D eigenvalue weighted by Gasteiger charge is 2.37. The van der Waals surface area contributed by atoms with Gasteiger partial charge in [0.1, 0.15) is 12.4 Å². The fraction of sp³-hybridized carbons (Fsp3) is 0.519. The number of benzene rings is 2. The van der Waals surface area contributed by atoms with Crippen LogP contribution < -0.4 is 9.64 Å². The first kappa shape index (κ1) is 26.7. The molecule has 0 saturated carbocycles. The largest absolute Gasteiger partial charge is 0.488 e. The molecular weight excluding hydrogens is 469 g/mol. The Hall–Kier alpha value is -1.86. The lowest BCUT2D eigenvalue weighted by Gasteiger charge is -2.37. The maximum absolute atomic E-state index is 14.7. The van der Waals surface area contributed by atoms with Gasteiger partial charge >= 0.3 is 5.97 Å². The molecule has 0 amide bonds. The van der Waals surface area contributed by atoms with E-state index in [9.17, 15) is 9.18 Å². The molecule has 0 spiro atoms. The average molecular weight is 506 g/mol. The van der Waals surface area contributed by atoms with Crippen LogP contribution in [0, 0.1) is 5.41 Å². The van der Waals surface area contributed by atoms with Crippen LogP contribution in [0.15, 0.2) is 52.3 Å². The topological polar surface area (TPSA) is 38.8 Å². The van der Waals surface area contributed by atoms with Gasteiger partial charge in [0.25, 0.3) is 0 Å². The number of unbranched alkanes of at least 4 members (excludes halogenated alkanes) is 1. The molecule has 3 rings (SSSR count). The average Bonchev–Trinajstić information content (AvgIpc) is 3.02. The number of thioether (sulfide) groups is 2. The first-order valence-electron chi connectivity index (χ1n) is 11.9. The Labute approximate surface area is 212 Å². The number of alkyl halides is 1. The van der Waals surface area contributed by atoms with Crippen molar-refractivity contribution in [3.05, 3.63) is 42.5 Å². The molecule has 0 aliphatic carbocycles. The van der Waals surface area contributed by atoms with Gasteiger partial charge in [-0.15, -0.1) is 23.5 Å². The second-order valence-electron chi connectivity index (χ2n) is 9.12. The molecule has 4 nitrogen and oxygen atoms in total. The molecule has 0 saturated heterocycles. The third-order valence-electron chi connectivity index (χ3n) is 6.55. The van der Waals surface area contributed by atoms with Crippen molar-refractivity contribution in [3.63, 3.8) is 0 Å². The van der Waals surface area contributed by atoms with Crippen molar-refractivity contribution in [1.29, 1.82) is 0 Å². The quantitative estimate of drug-likeness (QED) is 0.246. The van der Waals surface area contributed by atoms with Crippen molar-refractivity contribution in [2.24, 2.45) is 5.41 Å². The van der Waals surface area contributed by atoms with Crippen LogP contribution in [-0.2, 0) is 9.53 Å². The van der Waals surface area contributed by atoms with E-state index < -0.39 is 18.2 Å². The number of carbonyl (C=O) groups is 1. The molecule has 186 valence electrons. The van der Waals surface area contributed by atoms with Crippen LogP contribution in [0.2, 0.25) is 0 Å². The summed E-state index contributed by atoms with van der Waals surface area (Å²) in [4.78, 5) is 16.2. The van der Waals surface area contributed by atoms with E-state index in [2.05, 4.69) is 53.8 Å². The van der Waals surface area contributed by atoms with Crippen LogP contribution in [0.1, 0.15) is 46.5 Å². The molecule has 0 N–H and O–H groups in total. The van der Waals surface area contributed by atoms with Crippen molar-refractivity contribution in [2.75, 3.05) is 37.2 Å². The lowest BCUT2D eigenvalue weighted by atomic mass is 9.81. The monoisotopic (exact) mass is 505 g/mol. The van der Waals surface area contributed by atoms with Crippen LogP contribution in [0.4, 0.5) is 15.8 Å². The first-order chi connectivity index (χ1) is 16.3. The fourth-order valence-electron chi connectivity index (χ4n) is 4.24. The molecule has 2 aromatic carbocycles. The van der Waals surface area contributed by atoms with Gasteiger partial charge in [-0.05, 0) is 55.7 Å². The number of nitrogens with zero attached hydrogens (tertiary/aromatic N) is 1. The number of anilines is 2. The van der Waals surface area contributed by atoms with Gasteiger partial charge in [0.05, 0.1) is 17.7 Å². The van der Waals surface area contributed by atoms with E-state index in [0.717, 1.165) is 34.2 Å². The highest BCUT2D eigenvalue weighted by molar-refractivity contribution is 7.99. The van der Waals surface area contributed by atoms with Crippen molar-refractivity contribution in [1.82, 2.24) is 0 Å². The maximum atomic E-state index is 14.7. The molecule has 0 aromatic heterocycles.